The molecule has 6 heteroatoms. The largest absolute Gasteiger partial charge is 0.389 e. The molecule has 1 saturated carbocycles. The lowest BCUT2D eigenvalue weighted by atomic mass is 9.83. The fourth-order valence-corrected chi connectivity index (χ4v) is 2.83. The second kappa shape index (κ2) is 9.71. The molecule has 6 N–H and O–H groups in total. The topological polar surface area (TPSA) is 113 Å². The summed E-state index contributed by atoms with van der Waals surface area (Å²) in [5, 5.41) is 51.4. The molecule has 6 nitrogen and oxygen atoms in total. The van der Waals surface area contributed by atoms with Crippen molar-refractivity contribution >= 4 is 0 Å². The number of aliphatic hydroxyl groups excluding tert-OH is 5. The van der Waals surface area contributed by atoms with Gasteiger partial charge in [-0.3, -0.25) is 0 Å². The van der Waals surface area contributed by atoms with E-state index in [1.807, 2.05) is 0 Å². The van der Waals surface area contributed by atoms with Crippen molar-refractivity contribution in [3.8, 4) is 0 Å². The average molecular weight is 305 g/mol. The molecular formula is C15H31NO5. The van der Waals surface area contributed by atoms with Crippen LogP contribution in [-0.2, 0) is 0 Å². The minimum Gasteiger partial charge on any atom is -0.389 e. The van der Waals surface area contributed by atoms with E-state index in [-0.39, 0.29) is 0 Å². The Labute approximate surface area is 126 Å². The lowest BCUT2D eigenvalue weighted by Crippen LogP contribution is -2.67. The van der Waals surface area contributed by atoms with Gasteiger partial charge in [0.05, 0.1) is 6.04 Å². The van der Waals surface area contributed by atoms with Crippen LogP contribution >= 0.6 is 0 Å². The Morgan fingerprint density at radius 2 is 1.05 bits per heavy atom. The molecular weight excluding hydrogens is 274 g/mol. The zero-order valence-electron chi connectivity index (χ0n) is 12.9. The first-order valence-corrected chi connectivity index (χ1v) is 8.14. The first-order valence-electron chi connectivity index (χ1n) is 8.14. The van der Waals surface area contributed by atoms with E-state index >= 15 is 0 Å². The van der Waals surface area contributed by atoms with Gasteiger partial charge in [0.1, 0.15) is 30.5 Å². The van der Waals surface area contributed by atoms with Crippen molar-refractivity contribution in [1.29, 1.82) is 0 Å². The molecule has 1 aliphatic carbocycles. The molecule has 1 rings (SSSR count). The third-order valence-electron chi connectivity index (χ3n) is 4.30. The maximum Gasteiger partial charge on any atom is 0.111 e. The molecule has 0 aromatic carbocycles. The molecule has 1 aliphatic rings. The quantitative estimate of drug-likeness (QED) is 0.321. The number of unbranched alkanes of at least 4 members (excludes halogenated alkanes) is 6. The summed E-state index contributed by atoms with van der Waals surface area (Å²) >= 11 is 0. The minimum atomic E-state index is -1.52. The molecule has 0 amide bonds. The number of hydrogen-bond donors (Lipinski definition) is 6. The molecule has 0 aromatic rings. The summed E-state index contributed by atoms with van der Waals surface area (Å²) in [7, 11) is 0. The van der Waals surface area contributed by atoms with E-state index in [1.54, 1.807) is 0 Å². The summed E-state index contributed by atoms with van der Waals surface area (Å²) in [4.78, 5) is 0. The van der Waals surface area contributed by atoms with Crippen molar-refractivity contribution in [2.24, 2.45) is 0 Å². The van der Waals surface area contributed by atoms with Crippen LogP contribution in [-0.4, -0.2) is 68.6 Å². The van der Waals surface area contributed by atoms with Gasteiger partial charge in [0.2, 0.25) is 0 Å². The fraction of sp³-hybridized carbons (Fsp3) is 1.00. The van der Waals surface area contributed by atoms with E-state index in [0.29, 0.717) is 6.54 Å². The van der Waals surface area contributed by atoms with Crippen molar-refractivity contribution in [3.05, 3.63) is 0 Å². The minimum absolute atomic E-state index is 0.599. The lowest BCUT2D eigenvalue weighted by molar-refractivity contribution is -0.190. The van der Waals surface area contributed by atoms with Gasteiger partial charge in [0.25, 0.3) is 0 Å². The highest BCUT2D eigenvalue weighted by Gasteiger charge is 2.47. The van der Waals surface area contributed by atoms with Crippen LogP contribution in [0, 0.1) is 0 Å². The molecule has 0 bridgehead atoms. The molecule has 1 fully saturated rings. The molecule has 6 atom stereocenters. The lowest BCUT2D eigenvalue weighted by Gasteiger charge is -2.42. The molecule has 126 valence electrons. The first-order chi connectivity index (χ1) is 10.0. The molecule has 21 heavy (non-hydrogen) atoms. The molecule has 0 aromatic heterocycles. The van der Waals surface area contributed by atoms with Crippen LogP contribution in [0.1, 0.15) is 51.9 Å². The Morgan fingerprint density at radius 1 is 0.619 bits per heavy atom. The van der Waals surface area contributed by atoms with Gasteiger partial charge in [-0.2, -0.15) is 0 Å². The highest BCUT2D eigenvalue weighted by molar-refractivity contribution is 5.01. The molecule has 2 unspecified atom stereocenters. The predicted molar refractivity (Wildman–Crippen MR) is 79.8 cm³/mol. The van der Waals surface area contributed by atoms with Crippen LogP contribution in [0.3, 0.4) is 0 Å². The van der Waals surface area contributed by atoms with Gasteiger partial charge in [-0.25, -0.2) is 0 Å². The Morgan fingerprint density at radius 3 is 1.57 bits per heavy atom. The normalized spacial score (nSPS) is 36.9. The van der Waals surface area contributed by atoms with E-state index in [0.717, 1.165) is 12.8 Å². The summed E-state index contributed by atoms with van der Waals surface area (Å²) in [5.74, 6) is 0. The van der Waals surface area contributed by atoms with E-state index in [4.69, 9.17) is 0 Å². The van der Waals surface area contributed by atoms with E-state index in [1.165, 1.54) is 32.1 Å². The monoisotopic (exact) mass is 305 g/mol. The maximum absolute atomic E-state index is 9.85. The Kier molecular flexibility index (Phi) is 8.70. The van der Waals surface area contributed by atoms with Crippen LogP contribution in [0.15, 0.2) is 0 Å². The van der Waals surface area contributed by atoms with Crippen LogP contribution < -0.4 is 5.32 Å². The van der Waals surface area contributed by atoms with Crippen LogP contribution in [0.25, 0.3) is 0 Å². The van der Waals surface area contributed by atoms with Crippen LogP contribution in [0.2, 0.25) is 0 Å². The second-order valence-electron chi connectivity index (χ2n) is 6.05. The number of nitrogens with one attached hydrogen (secondary N) is 1. The van der Waals surface area contributed by atoms with Crippen molar-refractivity contribution in [1.82, 2.24) is 5.32 Å². The van der Waals surface area contributed by atoms with Crippen molar-refractivity contribution < 1.29 is 25.5 Å². The number of hydrogen-bond acceptors (Lipinski definition) is 6. The highest BCUT2D eigenvalue weighted by Crippen LogP contribution is 2.21. The molecule has 0 aliphatic heterocycles. The third kappa shape index (κ3) is 5.47. The number of aliphatic hydroxyl groups is 5. The molecule has 0 heterocycles. The van der Waals surface area contributed by atoms with Gasteiger partial charge in [-0.05, 0) is 13.0 Å². The Bertz CT molecular complexity index is 263. The Hall–Kier alpha value is -0.240. The smallest absolute Gasteiger partial charge is 0.111 e. The second-order valence-corrected chi connectivity index (χ2v) is 6.05. The molecule has 0 saturated heterocycles. The van der Waals surface area contributed by atoms with Crippen LogP contribution in [0.4, 0.5) is 0 Å². The van der Waals surface area contributed by atoms with Crippen LogP contribution in [0.5, 0.6) is 0 Å². The third-order valence-corrected chi connectivity index (χ3v) is 4.30. The van der Waals surface area contributed by atoms with Crippen molar-refractivity contribution in [2.45, 2.75) is 88.4 Å². The van der Waals surface area contributed by atoms with Crippen molar-refractivity contribution in [2.75, 3.05) is 6.54 Å². The van der Waals surface area contributed by atoms with E-state index < -0.39 is 36.6 Å². The van der Waals surface area contributed by atoms with Gasteiger partial charge >= 0.3 is 0 Å². The maximum atomic E-state index is 9.85. The highest BCUT2D eigenvalue weighted by atomic mass is 16.4. The Balaban J connectivity index is 2.21. The zero-order chi connectivity index (χ0) is 15.8. The average Bonchev–Trinajstić information content (AvgIpc) is 2.49. The summed E-state index contributed by atoms with van der Waals surface area (Å²) in [5.41, 5.74) is 0. The van der Waals surface area contributed by atoms with Gasteiger partial charge in [-0.1, -0.05) is 45.4 Å². The van der Waals surface area contributed by atoms with Gasteiger partial charge in [0.15, 0.2) is 0 Å². The number of rotatable bonds is 9. The predicted octanol–water partition coefficient (Wildman–Crippen LogP) is -0.487. The van der Waals surface area contributed by atoms with Gasteiger partial charge in [0, 0.05) is 0 Å². The molecule has 0 spiro atoms. The molecule has 0 radical (unpaired) electrons. The SMILES string of the molecule is CCCCCCCCCNC1[C@H](O)[C@H](O)C(O)[C@H](O)[C@H]1O. The standard InChI is InChI=1S/C15H31NO5/c1-2-3-4-5-6-7-8-9-16-10-11(17)13(19)15(21)14(20)12(10)18/h10-21H,2-9H2,1H3/t10?,11-,12-,13-,14+,15?/m0/s1. The van der Waals surface area contributed by atoms with Crippen molar-refractivity contribution in [3.63, 3.8) is 0 Å². The van der Waals surface area contributed by atoms with E-state index in [9.17, 15) is 25.5 Å². The van der Waals surface area contributed by atoms with E-state index in [2.05, 4.69) is 12.2 Å². The zero-order valence-corrected chi connectivity index (χ0v) is 12.9. The van der Waals surface area contributed by atoms with Gasteiger partial charge in [-0.15, -0.1) is 0 Å². The summed E-state index contributed by atoms with van der Waals surface area (Å²) in [6, 6.07) is -0.821. The summed E-state index contributed by atoms with van der Waals surface area (Å²) < 4.78 is 0. The summed E-state index contributed by atoms with van der Waals surface area (Å²) in [6.07, 6.45) is 1.16. The fourth-order valence-electron chi connectivity index (χ4n) is 2.83. The summed E-state index contributed by atoms with van der Waals surface area (Å²) in [6.45, 7) is 2.78. The van der Waals surface area contributed by atoms with Gasteiger partial charge < -0.3 is 30.8 Å². The first kappa shape index (κ1) is 18.8.